The van der Waals surface area contributed by atoms with E-state index in [2.05, 4.69) is 5.32 Å². The summed E-state index contributed by atoms with van der Waals surface area (Å²) in [7, 11) is -3.26. The molecular formula is C19H20N2O4S. The van der Waals surface area contributed by atoms with Gasteiger partial charge in [-0.15, -0.1) is 0 Å². The number of nitrogens with one attached hydrogen (secondary N) is 1. The lowest BCUT2D eigenvalue weighted by Gasteiger charge is -2.26. The molecule has 0 saturated carbocycles. The lowest BCUT2D eigenvalue weighted by molar-refractivity contribution is -0.120. The van der Waals surface area contributed by atoms with Gasteiger partial charge in [-0.2, -0.15) is 0 Å². The Labute approximate surface area is 152 Å². The van der Waals surface area contributed by atoms with Gasteiger partial charge in [0.25, 0.3) is 5.91 Å². The highest BCUT2D eigenvalue weighted by Crippen LogP contribution is 2.26. The Kier molecular flexibility index (Phi) is 5.08. The second-order valence-electron chi connectivity index (χ2n) is 6.38. The Balaban J connectivity index is 1.84. The topological polar surface area (TPSA) is 83.6 Å². The van der Waals surface area contributed by atoms with Crippen LogP contribution in [-0.2, 0) is 21.2 Å². The van der Waals surface area contributed by atoms with Crippen molar-refractivity contribution in [2.75, 3.05) is 17.3 Å². The number of para-hydroxylation sites is 1. The van der Waals surface area contributed by atoms with Crippen molar-refractivity contribution in [1.29, 1.82) is 0 Å². The van der Waals surface area contributed by atoms with E-state index < -0.39 is 15.9 Å². The average molecular weight is 372 g/mol. The number of fused-ring (bicyclic) bond motifs is 1. The minimum absolute atomic E-state index is 0.0528. The van der Waals surface area contributed by atoms with Crippen LogP contribution in [0, 0.1) is 0 Å². The average Bonchev–Trinajstić information content (AvgIpc) is 2.92. The molecule has 1 atom stereocenters. The summed E-state index contributed by atoms with van der Waals surface area (Å²) in [4.78, 5) is 27.0. The second kappa shape index (κ2) is 7.29. The molecule has 1 unspecified atom stereocenters. The van der Waals surface area contributed by atoms with Crippen molar-refractivity contribution in [1.82, 2.24) is 4.90 Å². The largest absolute Gasteiger partial charge is 0.324 e. The molecule has 1 N–H and O–H groups in total. The molecule has 2 aromatic carbocycles. The number of amides is 2. The fourth-order valence-electron chi connectivity index (χ4n) is 3.03. The van der Waals surface area contributed by atoms with Crippen LogP contribution in [0.2, 0.25) is 0 Å². The van der Waals surface area contributed by atoms with E-state index in [1.165, 1.54) is 4.90 Å². The van der Waals surface area contributed by atoms with Crippen molar-refractivity contribution >= 4 is 27.3 Å². The minimum Gasteiger partial charge on any atom is -0.324 e. The quantitative estimate of drug-likeness (QED) is 0.842. The molecule has 7 heteroatoms. The van der Waals surface area contributed by atoms with Gasteiger partial charge in [-0.3, -0.25) is 9.59 Å². The van der Waals surface area contributed by atoms with Gasteiger partial charge in [-0.05, 0) is 30.2 Å². The Hall–Kier alpha value is -2.67. The standard InChI is InChI=1S/C19H20N2O4S/c1-26(24,25)12-11-17(18(22)20-15-8-3-2-4-9-15)21-13-14-7-5-6-10-16(14)19(21)23/h2-10,17H,11-13H2,1H3,(H,20,22). The van der Waals surface area contributed by atoms with Crippen molar-refractivity contribution in [3.05, 3.63) is 65.7 Å². The summed E-state index contributed by atoms with van der Waals surface area (Å²) < 4.78 is 23.2. The van der Waals surface area contributed by atoms with Gasteiger partial charge in [0.2, 0.25) is 5.91 Å². The number of benzene rings is 2. The SMILES string of the molecule is CS(=O)(=O)CCC(C(=O)Nc1ccccc1)N1Cc2ccccc2C1=O. The summed E-state index contributed by atoms with van der Waals surface area (Å²) >= 11 is 0. The molecule has 0 bridgehead atoms. The molecule has 0 aliphatic carbocycles. The lowest BCUT2D eigenvalue weighted by atomic mass is 10.1. The fraction of sp³-hybridized carbons (Fsp3) is 0.263. The molecule has 0 radical (unpaired) electrons. The first kappa shape index (κ1) is 18.1. The third kappa shape index (κ3) is 4.11. The van der Waals surface area contributed by atoms with E-state index in [4.69, 9.17) is 0 Å². The number of anilines is 1. The molecule has 136 valence electrons. The van der Waals surface area contributed by atoms with Crippen LogP contribution in [0.1, 0.15) is 22.3 Å². The number of rotatable bonds is 6. The summed E-state index contributed by atoms with van der Waals surface area (Å²) in [5, 5.41) is 2.77. The van der Waals surface area contributed by atoms with Gasteiger partial charge < -0.3 is 10.2 Å². The zero-order valence-corrected chi connectivity index (χ0v) is 15.2. The molecule has 6 nitrogen and oxygen atoms in total. The monoisotopic (exact) mass is 372 g/mol. The Morgan fingerprint density at radius 3 is 2.42 bits per heavy atom. The van der Waals surface area contributed by atoms with Crippen LogP contribution in [0.4, 0.5) is 5.69 Å². The van der Waals surface area contributed by atoms with E-state index >= 15 is 0 Å². The molecule has 1 heterocycles. The van der Waals surface area contributed by atoms with Crippen molar-refractivity contribution in [3.63, 3.8) is 0 Å². The van der Waals surface area contributed by atoms with E-state index in [1.54, 1.807) is 36.4 Å². The minimum atomic E-state index is -3.26. The maximum atomic E-state index is 12.8. The highest BCUT2D eigenvalue weighted by atomic mass is 32.2. The van der Waals surface area contributed by atoms with Gasteiger partial charge in [0.05, 0.1) is 5.75 Å². The number of carbonyl (C=O) groups is 2. The molecule has 0 fully saturated rings. The van der Waals surface area contributed by atoms with Crippen molar-refractivity contribution < 1.29 is 18.0 Å². The summed E-state index contributed by atoms with van der Waals surface area (Å²) in [5.41, 5.74) is 2.00. The van der Waals surface area contributed by atoms with E-state index in [-0.39, 0.29) is 24.0 Å². The molecule has 2 amide bonds. The summed E-state index contributed by atoms with van der Waals surface area (Å²) in [5.74, 6) is -0.802. The maximum Gasteiger partial charge on any atom is 0.255 e. The van der Waals surface area contributed by atoms with Crippen LogP contribution >= 0.6 is 0 Å². The lowest BCUT2D eigenvalue weighted by Crippen LogP contribution is -2.45. The maximum absolute atomic E-state index is 12.8. The Morgan fingerprint density at radius 2 is 1.77 bits per heavy atom. The van der Waals surface area contributed by atoms with E-state index in [0.717, 1.165) is 11.8 Å². The van der Waals surface area contributed by atoms with E-state index in [1.807, 2.05) is 18.2 Å². The van der Waals surface area contributed by atoms with Crippen LogP contribution in [0.3, 0.4) is 0 Å². The second-order valence-corrected chi connectivity index (χ2v) is 8.64. The Bertz CT molecular complexity index is 926. The first-order valence-corrected chi connectivity index (χ1v) is 10.3. The van der Waals surface area contributed by atoms with Gasteiger partial charge in [0.15, 0.2) is 0 Å². The van der Waals surface area contributed by atoms with Crippen molar-refractivity contribution in [2.24, 2.45) is 0 Å². The molecule has 1 aliphatic heterocycles. The molecule has 0 spiro atoms. The normalized spacial score (nSPS) is 14.8. The first-order valence-electron chi connectivity index (χ1n) is 8.28. The summed E-state index contributed by atoms with van der Waals surface area (Å²) in [6.45, 7) is 0.297. The molecule has 1 aliphatic rings. The molecule has 3 rings (SSSR count). The zero-order valence-electron chi connectivity index (χ0n) is 14.4. The zero-order chi connectivity index (χ0) is 18.7. The predicted octanol–water partition coefficient (Wildman–Crippen LogP) is 2.08. The van der Waals surface area contributed by atoms with Crippen LogP contribution in [0.15, 0.2) is 54.6 Å². The predicted molar refractivity (Wildman–Crippen MR) is 99.5 cm³/mol. The number of sulfone groups is 1. The number of hydrogen-bond acceptors (Lipinski definition) is 4. The highest BCUT2D eigenvalue weighted by molar-refractivity contribution is 7.90. The van der Waals surface area contributed by atoms with Crippen molar-refractivity contribution in [2.45, 2.75) is 19.0 Å². The summed E-state index contributed by atoms with van der Waals surface area (Å²) in [6, 6.07) is 15.2. The molecule has 2 aromatic rings. The van der Waals surface area contributed by atoms with Crippen LogP contribution in [0.5, 0.6) is 0 Å². The Morgan fingerprint density at radius 1 is 1.12 bits per heavy atom. The van der Waals surface area contributed by atoms with Gasteiger partial charge >= 0.3 is 0 Å². The molecular weight excluding hydrogens is 352 g/mol. The van der Waals surface area contributed by atoms with E-state index in [9.17, 15) is 18.0 Å². The van der Waals surface area contributed by atoms with Gasteiger partial charge in [0.1, 0.15) is 15.9 Å². The van der Waals surface area contributed by atoms with Crippen LogP contribution < -0.4 is 5.32 Å². The van der Waals surface area contributed by atoms with Crippen LogP contribution in [-0.4, -0.2) is 43.2 Å². The van der Waals surface area contributed by atoms with Gasteiger partial charge in [-0.25, -0.2) is 8.42 Å². The third-order valence-electron chi connectivity index (χ3n) is 4.33. The molecule has 0 aromatic heterocycles. The number of carbonyl (C=O) groups excluding carboxylic acids is 2. The van der Waals surface area contributed by atoms with Crippen molar-refractivity contribution in [3.8, 4) is 0 Å². The van der Waals surface area contributed by atoms with Gasteiger partial charge in [-0.1, -0.05) is 36.4 Å². The molecule has 26 heavy (non-hydrogen) atoms. The van der Waals surface area contributed by atoms with Gasteiger partial charge in [0, 0.05) is 24.1 Å². The third-order valence-corrected chi connectivity index (χ3v) is 5.31. The number of hydrogen-bond donors (Lipinski definition) is 1. The summed E-state index contributed by atoms with van der Waals surface area (Å²) in [6.07, 6.45) is 1.18. The molecule has 0 saturated heterocycles. The fourth-order valence-corrected chi connectivity index (χ4v) is 3.68. The number of nitrogens with zero attached hydrogens (tertiary/aromatic N) is 1. The first-order chi connectivity index (χ1) is 12.3. The smallest absolute Gasteiger partial charge is 0.255 e. The highest BCUT2D eigenvalue weighted by Gasteiger charge is 2.36. The van der Waals surface area contributed by atoms with E-state index in [0.29, 0.717) is 17.8 Å². The van der Waals surface area contributed by atoms with Crippen LogP contribution in [0.25, 0.3) is 0 Å².